The smallest absolute Gasteiger partial charge is 0.127 e. The van der Waals surface area contributed by atoms with Gasteiger partial charge in [-0.15, -0.1) is 0 Å². The molecule has 0 aromatic heterocycles. The van der Waals surface area contributed by atoms with E-state index in [0.29, 0.717) is 11.5 Å². The molecule has 0 saturated heterocycles. The van der Waals surface area contributed by atoms with Gasteiger partial charge in [-0.2, -0.15) is 0 Å². The topological polar surface area (TPSA) is 18.5 Å². The first-order chi connectivity index (χ1) is 7.54. The Hall–Kier alpha value is -1.54. The lowest BCUT2D eigenvalue weighted by molar-refractivity contribution is 0.107. The molecule has 0 amide bonds. The molecule has 1 aromatic rings. The van der Waals surface area contributed by atoms with E-state index in [1.807, 2.05) is 38.1 Å². The number of ether oxygens (including phenoxy) is 2. The SMILES string of the molecule is C=C(OC(=C)C(C)OC)c1cccc(C)c1. The number of aryl methyl sites for hydroxylation is 1. The average Bonchev–Trinajstić information content (AvgIpc) is 2.27. The van der Waals surface area contributed by atoms with E-state index in [4.69, 9.17) is 9.47 Å². The quantitative estimate of drug-likeness (QED) is 0.704. The van der Waals surface area contributed by atoms with Crippen molar-refractivity contribution in [2.75, 3.05) is 7.11 Å². The summed E-state index contributed by atoms with van der Waals surface area (Å²) in [7, 11) is 1.62. The number of hydrogen-bond donors (Lipinski definition) is 0. The Morgan fingerprint density at radius 1 is 1.31 bits per heavy atom. The minimum Gasteiger partial charge on any atom is -0.460 e. The second-order valence-electron chi connectivity index (χ2n) is 3.74. The standard InChI is InChI=1S/C14H18O2/c1-10-7-6-8-14(9-10)13(4)16-12(3)11(2)15-5/h6-9,11H,3-4H2,1-2,5H3. The molecule has 0 aliphatic carbocycles. The highest BCUT2D eigenvalue weighted by molar-refractivity contribution is 5.58. The van der Waals surface area contributed by atoms with Crippen molar-refractivity contribution in [3.63, 3.8) is 0 Å². The van der Waals surface area contributed by atoms with Crippen LogP contribution in [0, 0.1) is 6.92 Å². The Kier molecular flexibility index (Phi) is 4.32. The van der Waals surface area contributed by atoms with E-state index in [1.165, 1.54) is 5.56 Å². The van der Waals surface area contributed by atoms with Crippen molar-refractivity contribution in [2.24, 2.45) is 0 Å². The summed E-state index contributed by atoms with van der Waals surface area (Å²) in [4.78, 5) is 0. The summed E-state index contributed by atoms with van der Waals surface area (Å²) in [6, 6.07) is 7.98. The van der Waals surface area contributed by atoms with E-state index < -0.39 is 0 Å². The van der Waals surface area contributed by atoms with Crippen molar-refractivity contribution in [3.8, 4) is 0 Å². The van der Waals surface area contributed by atoms with Crippen molar-refractivity contribution in [1.82, 2.24) is 0 Å². The van der Waals surface area contributed by atoms with E-state index in [1.54, 1.807) is 7.11 Å². The molecule has 0 aliphatic rings. The summed E-state index contributed by atoms with van der Waals surface area (Å²) in [5.74, 6) is 1.16. The Balaban J connectivity index is 2.69. The van der Waals surface area contributed by atoms with Gasteiger partial charge in [0.2, 0.25) is 0 Å². The molecule has 0 N–H and O–H groups in total. The molecule has 0 aliphatic heterocycles. The molecule has 0 heterocycles. The van der Waals surface area contributed by atoms with Crippen molar-refractivity contribution in [3.05, 3.63) is 54.3 Å². The fourth-order valence-corrected chi connectivity index (χ4v) is 1.25. The Morgan fingerprint density at radius 3 is 2.56 bits per heavy atom. The Morgan fingerprint density at radius 2 is 2.00 bits per heavy atom. The molecule has 2 nitrogen and oxygen atoms in total. The second-order valence-corrected chi connectivity index (χ2v) is 3.74. The molecule has 2 heteroatoms. The zero-order valence-electron chi connectivity index (χ0n) is 10.1. The minimum absolute atomic E-state index is 0.137. The maximum atomic E-state index is 5.53. The monoisotopic (exact) mass is 218 g/mol. The predicted octanol–water partition coefficient (Wildman–Crippen LogP) is 3.53. The van der Waals surface area contributed by atoms with Crippen molar-refractivity contribution in [1.29, 1.82) is 0 Å². The highest BCUT2D eigenvalue weighted by Gasteiger charge is 2.09. The first kappa shape index (κ1) is 12.5. The third-order valence-corrected chi connectivity index (χ3v) is 2.40. The first-order valence-electron chi connectivity index (χ1n) is 5.20. The Bertz CT molecular complexity index is 393. The molecular weight excluding hydrogens is 200 g/mol. The zero-order valence-corrected chi connectivity index (χ0v) is 10.1. The third kappa shape index (κ3) is 3.24. The number of hydrogen-bond acceptors (Lipinski definition) is 2. The highest BCUT2D eigenvalue weighted by Crippen LogP contribution is 2.19. The molecule has 1 aromatic carbocycles. The lowest BCUT2D eigenvalue weighted by Gasteiger charge is -2.16. The van der Waals surface area contributed by atoms with Crippen LogP contribution in [0.4, 0.5) is 0 Å². The summed E-state index contributed by atoms with van der Waals surface area (Å²) in [5.41, 5.74) is 2.14. The van der Waals surface area contributed by atoms with Crippen LogP contribution in [0.15, 0.2) is 43.2 Å². The van der Waals surface area contributed by atoms with Crippen LogP contribution >= 0.6 is 0 Å². The van der Waals surface area contributed by atoms with Crippen LogP contribution in [0.1, 0.15) is 18.1 Å². The van der Waals surface area contributed by atoms with E-state index in [-0.39, 0.29) is 6.10 Å². The van der Waals surface area contributed by atoms with Crippen LogP contribution in [-0.4, -0.2) is 13.2 Å². The van der Waals surface area contributed by atoms with Crippen LogP contribution in [0.25, 0.3) is 5.76 Å². The molecular formula is C14H18O2. The van der Waals surface area contributed by atoms with Gasteiger partial charge < -0.3 is 9.47 Å². The van der Waals surface area contributed by atoms with Gasteiger partial charge in [0.05, 0.1) is 0 Å². The number of benzene rings is 1. The van der Waals surface area contributed by atoms with Crippen molar-refractivity contribution < 1.29 is 9.47 Å². The third-order valence-electron chi connectivity index (χ3n) is 2.40. The van der Waals surface area contributed by atoms with E-state index in [0.717, 1.165) is 5.56 Å². The zero-order chi connectivity index (χ0) is 12.1. The molecule has 1 atom stereocenters. The summed E-state index contributed by atoms with van der Waals surface area (Å²) in [6.45, 7) is 11.6. The van der Waals surface area contributed by atoms with Crippen LogP contribution in [0.3, 0.4) is 0 Å². The maximum Gasteiger partial charge on any atom is 0.127 e. The van der Waals surface area contributed by atoms with Gasteiger partial charge in [-0.05, 0) is 19.9 Å². The average molecular weight is 218 g/mol. The molecule has 0 bridgehead atoms. The summed E-state index contributed by atoms with van der Waals surface area (Å²) >= 11 is 0. The Labute approximate surface area is 97.2 Å². The van der Waals surface area contributed by atoms with Crippen LogP contribution in [0.5, 0.6) is 0 Å². The molecule has 0 spiro atoms. The molecule has 86 valence electrons. The molecule has 0 fully saturated rings. The van der Waals surface area contributed by atoms with Gasteiger partial charge in [0.15, 0.2) is 0 Å². The van der Waals surface area contributed by atoms with Crippen LogP contribution < -0.4 is 0 Å². The maximum absolute atomic E-state index is 5.53. The van der Waals surface area contributed by atoms with Gasteiger partial charge in [-0.25, -0.2) is 0 Å². The number of methoxy groups -OCH3 is 1. The number of rotatable bonds is 5. The van der Waals surface area contributed by atoms with Crippen molar-refractivity contribution >= 4 is 5.76 Å². The van der Waals surface area contributed by atoms with Gasteiger partial charge in [0, 0.05) is 12.7 Å². The van der Waals surface area contributed by atoms with E-state index >= 15 is 0 Å². The van der Waals surface area contributed by atoms with Gasteiger partial charge in [0.25, 0.3) is 0 Å². The van der Waals surface area contributed by atoms with Gasteiger partial charge in [0.1, 0.15) is 17.6 Å². The van der Waals surface area contributed by atoms with Crippen LogP contribution in [-0.2, 0) is 9.47 Å². The summed E-state index contributed by atoms with van der Waals surface area (Å²) in [6.07, 6.45) is -0.137. The van der Waals surface area contributed by atoms with Gasteiger partial charge in [-0.1, -0.05) is 36.9 Å². The largest absolute Gasteiger partial charge is 0.460 e. The van der Waals surface area contributed by atoms with E-state index in [9.17, 15) is 0 Å². The van der Waals surface area contributed by atoms with Gasteiger partial charge >= 0.3 is 0 Å². The molecule has 1 unspecified atom stereocenters. The highest BCUT2D eigenvalue weighted by atomic mass is 16.5. The second kappa shape index (κ2) is 5.52. The summed E-state index contributed by atoms with van der Waals surface area (Å²) in [5, 5.41) is 0. The van der Waals surface area contributed by atoms with Crippen molar-refractivity contribution in [2.45, 2.75) is 20.0 Å². The predicted molar refractivity (Wildman–Crippen MR) is 66.9 cm³/mol. The minimum atomic E-state index is -0.137. The molecule has 16 heavy (non-hydrogen) atoms. The fourth-order valence-electron chi connectivity index (χ4n) is 1.25. The molecule has 0 radical (unpaired) electrons. The van der Waals surface area contributed by atoms with E-state index in [2.05, 4.69) is 13.2 Å². The van der Waals surface area contributed by atoms with Crippen LogP contribution in [0.2, 0.25) is 0 Å². The summed E-state index contributed by atoms with van der Waals surface area (Å²) < 4.78 is 10.6. The molecule has 0 saturated carbocycles. The lowest BCUT2D eigenvalue weighted by atomic mass is 10.1. The van der Waals surface area contributed by atoms with Gasteiger partial charge in [-0.3, -0.25) is 0 Å². The normalized spacial score (nSPS) is 11.9. The first-order valence-corrected chi connectivity index (χ1v) is 5.20. The fraction of sp³-hybridized carbons (Fsp3) is 0.286. The lowest BCUT2D eigenvalue weighted by Crippen LogP contribution is -2.10. The molecule has 1 rings (SSSR count).